The first-order chi connectivity index (χ1) is 8.61. The van der Waals surface area contributed by atoms with Crippen LogP contribution in [0.4, 0.5) is 5.69 Å². The number of rotatable bonds is 3. The Morgan fingerprint density at radius 2 is 2.33 bits per heavy atom. The fourth-order valence-electron chi connectivity index (χ4n) is 2.31. The molecule has 0 aliphatic carbocycles. The van der Waals surface area contributed by atoms with Crippen LogP contribution in [-0.2, 0) is 4.79 Å². The van der Waals surface area contributed by atoms with Crippen LogP contribution in [0.2, 0.25) is 5.02 Å². The molecule has 1 aliphatic rings. The van der Waals surface area contributed by atoms with Gasteiger partial charge < -0.3 is 14.7 Å². The summed E-state index contributed by atoms with van der Waals surface area (Å²) in [5, 5.41) is 9.73. The first kappa shape index (κ1) is 13.0. The van der Waals surface area contributed by atoms with Crippen molar-refractivity contribution in [1.82, 2.24) is 0 Å². The number of anilines is 1. The Labute approximate surface area is 111 Å². The minimum Gasteiger partial charge on any atom is -0.495 e. The van der Waals surface area contributed by atoms with E-state index in [4.69, 9.17) is 21.4 Å². The molecular formula is C13H16ClNO3. The van der Waals surface area contributed by atoms with Crippen LogP contribution in [0.5, 0.6) is 5.75 Å². The van der Waals surface area contributed by atoms with Gasteiger partial charge in [0, 0.05) is 18.1 Å². The van der Waals surface area contributed by atoms with Gasteiger partial charge in [0.15, 0.2) is 0 Å². The molecule has 0 bridgehead atoms. The second-order valence-corrected chi connectivity index (χ2v) is 4.88. The standard InChI is InChI=1S/C13H16ClNO3/c1-18-12-5-4-10(14)7-11(12)15-6-2-3-9(8-15)13(16)17/h4-5,7,9H,2-3,6,8H2,1H3,(H,16,17). The molecule has 1 aliphatic heterocycles. The van der Waals surface area contributed by atoms with Crippen molar-refractivity contribution < 1.29 is 14.6 Å². The minimum atomic E-state index is -0.735. The first-order valence-electron chi connectivity index (χ1n) is 5.93. The Kier molecular flexibility index (Phi) is 3.97. The second kappa shape index (κ2) is 5.48. The molecule has 4 nitrogen and oxygen atoms in total. The Bertz CT molecular complexity index is 450. The molecule has 1 N–H and O–H groups in total. The summed E-state index contributed by atoms with van der Waals surface area (Å²) in [6.45, 7) is 1.34. The second-order valence-electron chi connectivity index (χ2n) is 4.44. The molecule has 2 rings (SSSR count). The summed E-state index contributed by atoms with van der Waals surface area (Å²) in [6, 6.07) is 5.40. The van der Waals surface area contributed by atoms with E-state index >= 15 is 0 Å². The zero-order valence-corrected chi connectivity index (χ0v) is 11.0. The monoisotopic (exact) mass is 269 g/mol. The topological polar surface area (TPSA) is 49.8 Å². The number of carboxylic acids is 1. The van der Waals surface area contributed by atoms with Gasteiger partial charge >= 0.3 is 5.97 Å². The minimum absolute atomic E-state index is 0.317. The van der Waals surface area contributed by atoms with Gasteiger partial charge in [-0.25, -0.2) is 0 Å². The maximum absolute atomic E-state index is 11.1. The number of halogens is 1. The zero-order valence-electron chi connectivity index (χ0n) is 10.2. The van der Waals surface area contributed by atoms with Gasteiger partial charge in [0.05, 0.1) is 18.7 Å². The highest BCUT2D eigenvalue weighted by Crippen LogP contribution is 2.33. The fraction of sp³-hybridized carbons (Fsp3) is 0.462. The van der Waals surface area contributed by atoms with E-state index in [1.54, 1.807) is 13.2 Å². The molecule has 1 saturated heterocycles. The molecule has 1 aromatic carbocycles. The SMILES string of the molecule is COc1ccc(Cl)cc1N1CCCC(C(=O)O)C1. The van der Waals surface area contributed by atoms with Gasteiger partial charge in [0.1, 0.15) is 5.75 Å². The highest BCUT2D eigenvalue weighted by Gasteiger charge is 2.26. The first-order valence-corrected chi connectivity index (χ1v) is 6.31. The van der Waals surface area contributed by atoms with E-state index in [1.807, 2.05) is 17.0 Å². The number of carboxylic acid groups (broad SMARTS) is 1. The molecule has 5 heteroatoms. The van der Waals surface area contributed by atoms with E-state index < -0.39 is 5.97 Å². The largest absolute Gasteiger partial charge is 0.495 e. The van der Waals surface area contributed by atoms with Crippen molar-refractivity contribution in [3.05, 3.63) is 23.2 Å². The summed E-state index contributed by atoms with van der Waals surface area (Å²) in [6.07, 6.45) is 1.60. The van der Waals surface area contributed by atoms with Gasteiger partial charge in [-0.1, -0.05) is 11.6 Å². The van der Waals surface area contributed by atoms with Crippen molar-refractivity contribution in [2.45, 2.75) is 12.8 Å². The third-order valence-corrected chi connectivity index (χ3v) is 3.49. The molecule has 0 aromatic heterocycles. The van der Waals surface area contributed by atoms with Gasteiger partial charge in [0.25, 0.3) is 0 Å². The van der Waals surface area contributed by atoms with Crippen molar-refractivity contribution in [1.29, 1.82) is 0 Å². The molecule has 1 unspecified atom stereocenters. The predicted molar refractivity (Wildman–Crippen MR) is 70.6 cm³/mol. The van der Waals surface area contributed by atoms with Gasteiger partial charge in [-0.2, -0.15) is 0 Å². The van der Waals surface area contributed by atoms with Gasteiger partial charge in [-0.15, -0.1) is 0 Å². The summed E-state index contributed by atoms with van der Waals surface area (Å²) in [4.78, 5) is 13.1. The molecule has 98 valence electrons. The molecule has 0 radical (unpaired) electrons. The van der Waals surface area contributed by atoms with Gasteiger partial charge in [-0.3, -0.25) is 4.79 Å². The lowest BCUT2D eigenvalue weighted by molar-refractivity contribution is -0.141. The van der Waals surface area contributed by atoms with Crippen molar-refractivity contribution in [2.24, 2.45) is 5.92 Å². The van der Waals surface area contributed by atoms with Crippen LogP contribution in [0.25, 0.3) is 0 Å². The third kappa shape index (κ3) is 2.70. The lowest BCUT2D eigenvalue weighted by Gasteiger charge is -2.33. The van der Waals surface area contributed by atoms with E-state index in [-0.39, 0.29) is 5.92 Å². The van der Waals surface area contributed by atoms with E-state index in [0.29, 0.717) is 11.6 Å². The molecule has 1 atom stereocenters. The third-order valence-electron chi connectivity index (χ3n) is 3.25. The van der Waals surface area contributed by atoms with Crippen LogP contribution < -0.4 is 9.64 Å². The van der Waals surface area contributed by atoms with Crippen LogP contribution in [0.15, 0.2) is 18.2 Å². The van der Waals surface area contributed by atoms with Crippen molar-refractivity contribution in [3.63, 3.8) is 0 Å². The average molecular weight is 270 g/mol. The molecule has 1 aromatic rings. The molecular weight excluding hydrogens is 254 g/mol. The van der Waals surface area contributed by atoms with E-state index in [9.17, 15) is 4.79 Å². The Hall–Kier alpha value is -1.42. The number of piperidine rings is 1. The average Bonchev–Trinajstić information content (AvgIpc) is 2.39. The molecule has 1 fully saturated rings. The summed E-state index contributed by atoms with van der Waals surface area (Å²) in [5.41, 5.74) is 0.871. The molecule has 0 spiro atoms. The van der Waals surface area contributed by atoms with E-state index in [0.717, 1.165) is 30.8 Å². The number of aliphatic carboxylic acids is 1. The Balaban J connectivity index is 2.25. The number of hydrogen-bond donors (Lipinski definition) is 1. The number of hydrogen-bond acceptors (Lipinski definition) is 3. The lowest BCUT2D eigenvalue weighted by Crippen LogP contribution is -2.38. The number of benzene rings is 1. The summed E-state index contributed by atoms with van der Waals surface area (Å²) in [7, 11) is 1.60. The smallest absolute Gasteiger partial charge is 0.308 e. The van der Waals surface area contributed by atoms with Gasteiger partial charge in [0.2, 0.25) is 0 Å². The van der Waals surface area contributed by atoms with Crippen LogP contribution >= 0.6 is 11.6 Å². The van der Waals surface area contributed by atoms with Crippen LogP contribution in [0.1, 0.15) is 12.8 Å². The number of nitrogens with zero attached hydrogens (tertiary/aromatic N) is 1. The summed E-state index contributed by atoms with van der Waals surface area (Å²) < 4.78 is 5.30. The quantitative estimate of drug-likeness (QED) is 0.917. The van der Waals surface area contributed by atoms with Crippen molar-refractivity contribution >= 4 is 23.3 Å². The highest BCUT2D eigenvalue weighted by atomic mass is 35.5. The normalized spacial score (nSPS) is 19.7. The predicted octanol–water partition coefficient (Wildman–Crippen LogP) is 2.65. The van der Waals surface area contributed by atoms with Crippen LogP contribution in [0, 0.1) is 5.92 Å². The maximum Gasteiger partial charge on any atom is 0.308 e. The Morgan fingerprint density at radius 3 is 3.00 bits per heavy atom. The number of carbonyl (C=O) groups is 1. The molecule has 1 heterocycles. The molecule has 0 saturated carbocycles. The zero-order chi connectivity index (χ0) is 13.1. The maximum atomic E-state index is 11.1. The summed E-state index contributed by atoms with van der Waals surface area (Å²) in [5.74, 6) is -0.325. The van der Waals surface area contributed by atoms with Gasteiger partial charge in [-0.05, 0) is 31.0 Å². The number of ether oxygens (including phenoxy) is 1. The Morgan fingerprint density at radius 1 is 1.56 bits per heavy atom. The van der Waals surface area contributed by atoms with E-state index in [2.05, 4.69) is 0 Å². The number of methoxy groups -OCH3 is 1. The van der Waals surface area contributed by atoms with Crippen LogP contribution in [0.3, 0.4) is 0 Å². The fourth-order valence-corrected chi connectivity index (χ4v) is 2.47. The van der Waals surface area contributed by atoms with E-state index in [1.165, 1.54) is 0 Å². The molecule has 18 heavy (non-hydrogen) atoms. The molecule has 0 amide bonds. The van der Waals surface area contributed by atoms with Crippen molar-refractivity contribution in [2.75, 3.05) is 25.1 Å². The van der Waals surface area contributed by atoms with Crippen LogP contribution in [-0.4, -0.2) is 31.3 Å². The van der Waals surface area contributed by atoms with Crippen molar-refractivity contribution in [3.8, 4) is 5.75 Å². The highest BCUT2D eigenvalue weighted by molar-refractivity contribution is 6.30. The lowest BCUT2D eigenvalue weighted by atomic mass is 9.98. The summed E-state index contributed by atoms with van der Waals surface area (Å²) >= 11 is 5.99.